The molecule has 2 N–H and O–H groups in total. The first-order chi connectivity index (χ1) is 9.69. The average molecular weight is 310 g/mol. The highest BCUT2D eigenvalue weighted by atomic mass is 35.5. The van der Waals surface area contributed by atoms with Gasteiger partial charge in [0.2, 0.25) is 11.8 Å². The Morgan fingerprint density at radius 3 is 2.67 bits per heavy atom. The second kappa shape index (κ2) is 8.44. The van der Waals surface area contributed by atoms with Gasteiger partial charge in [-0.1, -0.05) is 17.7 Å². The third kappa shape index (κ3) is 5.21. The van der Waals surface area contributed by atoms with E-state index in [1.165, 1.54) is 5.56 Å². The van der Waals surface area contributed by atoms with E-state index < -0.39 is 0 Å². The SMILES string of the molecule is CNCC(=O)NCCc1coc(-c2ccc(C)cc2)n1.Cl. The molecule has 2 rings (SSSR count). The number of carbonyl (C=O) groups excluding carboxylic acids is 1. The zero-order chi connectivity index (χ0) is 14.4. The highest BCUT2D eigenvalue weighted by Crippen LogP contribution is 2.19. The zero-order valence-corrected chi connectivity index (χ0v) is 13.0. The van der Waals surface area contributed by atoms with Gasteiger partial charge < -0.3 is 15.1 Å². The molecule has 0 aliphatic rings. The van der Waals surface area contributed by atoms with Gasteiger partial charge in [-0.05, 0) is 26.1 Å². The van der Waals surface area contributed by atoms with Crippen molar-refractivity contribution in [1.29, 1.82) is 0 Å². The van der Waals surface area contributed by atoms with Crippen molar-refractivity contribution >= 4 is 18.3 Å². The van der Waals surface area contributed by atoms with Crippen molar-refractivity contribution in [1.82, 2.24) is 15.6 Å². The number of amides is 1. The van der Waals surface area contributed by atoms with Crippen LogP contribution in [-0.4, -0.2) is 31.0 Å². The van der Waals surface area contributed by atoms with Crippen LogP contribution < -0.4 is 10.6 Å². The lowest BCUT2D eigenvalue weighted by Gasteiger charge is -2.02. The predicted octanol–water partition coefficient (Wildman–Crippen LogP) is 1.95. The Morgan fingerprint density at radius 2 is 2.00 bits per heavy atom. The summed E-state index contributed by atoms with van der Waals surface area (Å²) in [7, 11) is 1.74. The number of likely N-dealkylation sites (N-methyl/N-ethyl adjacent to an activating group) is 1. The summed E-state index contributed by atoms with van der Waals surface area (Å²) in [6, 6.07) is 8.02. The van der Waals surface area contributed by atoms with E-state index in [1.54, 1.807) is 13.3 Å². The van der Waals surface area contributed by atoms with Crippen LogP contribution in [0.1, 0.15) is 11.3 Å². The number of aryl methyl sites for hydroxylation is 1. The van der Waals surface area contributed by atoms with Crippen LogP contribution in [0.3, 0.4) is 0 Å². The summed E-state index contributed by atoms with van der Waals surface area (Å²) in [5.41, 5.74) is 3.00. The molecule has 1 heterocycles. The minimum atomic E-state index is -0.0187. The Morgan fingerprint density at radius 1 is 1.29 bits per heavy atom. The maximum atomic E-state index is 11.3. The van der Waals surface area contributed by atoms with Crippen LogP contribution in [0.15, 0.2) is 34.9 Å². The van der Waals surface area contributed by atoms with E-state index in [2.05, 4.69) is 15.6 Å². The lowest BCUT2D eigenvalue weighted by Crippen LogP contribution is -2.33. The van der Waals surface area contributed by atoms with Crippen molar-refractivity contribution in [2.75, 3.05) is 20.1 Å². The van der Waals surface area contributed by atoms with E-state index in [-0.39, 0.29) is 18.3 Å². The van der Waals surface area contributed by atoms with Crippen molar-refractivity contribution in [2.45, 2.75) is 13.3 Å². The van der Waals surface area contributed by atoms with Crippen molar-refractivity contribution in [3.05, 3.63) is 41.8 Å². The molecule has 21 heavy (non-hydrogen) atoms. The molecule has 2 aromatic rings. The van der Waals surface area contributed by atoms with Crippen molar-refractivity contribution in [3.8, 4) is 11.5 Å². The molecule has 0 saturated carbocycles. The maximum Gasteiger partial charge on any atom is 0.233 e. The van der Waals surface area contributed by atoms with Gasteiger partial charge >= 0.3 is 0 Å². The van der Waals surface area contributed by atoms with Gasteiger partial charge in [0.25, 0.3) is 0 Å². The molecule has 0 saturated heterocycles. The molecule has 1 aromatic carbocycles. The van der Waals surface area contributed by atoms with Gasteiger partial charge in [-0.15, -0.1) is 12.4 Å². The van der Waals surface area contributed by atoms with Crippen LogP contribution >= 0.6 is 12.4 Å². The van der Waals surface area contributed by atoms with Crippen molar-refractivity contribution < 1.29 is 9.21 Å². The van der Waals surface area contributed by atoms with Crippen molar-refractivity contribution in [2.24, 2.45) is 0 Å². The molecule has 6 heteroatoms. The first kappa shape index (κ1) is 17.2. The van der Waals surface area contributed by atoms with Crippen LogP contribution in [-0.2, 0) is 11.2 Å². The highest BCUT2D eigenvalue weighted by Gasteiger charge is 2.07. The number of halogens is 1. The van der Waals surface area contributed by atoms with Gasteiger partial charge in [-0.3, -0.25) is 4.79 Å². The molecule has 0 atom stereocenters. The first-order valence-corrected chi connectivity index (χ1v) is 6.62. The third-order valence-corrected chi connectivity index (χ3v) is 2.89. The molecule has 0 aliphatic carbocycles. The van der Waals surface area contributed by atoms with Gasteiger partial charge in [0.1, 0.15) is 6.26 Å². The number of nitrogens with one attached hydrogen (secondary N) is 2. The predicted molar refractivity (Wildman–Crippen MR) is 84.6 cm³/mol. The maximum absolute atomic E-state index is 11.3. The highest BCUT2D eigenvalue weighted by molar-refractivity contribution is 5.85. The van der Waals surface area contributed by atoms with Crippen LogP contribution in [0.2, 0.25) is 0 Å². The molecule has 1 aromatic heterocycles. The van der Waals surface area contributed by atoms with E-state index in [4.69, 9.17) is 4.42 Å². The summed E-state index contributed by atoms with van der Waals surface area (Å²) in [5, 5.41) is 5.61. The molecule has 0 bridgehead atoms. The lowest BCUT2D eigenvalue weighted by molar-refractivity contribution is -0.120. The molecule has 114 valence electrons. The molecule has 0 unspecified atom stereocenters. The number of nitrogens with zero attached hydrogens (tertiary/aromatic N) is 1. The fourth-order valence-corrected chi connectivity index (χ4v) is 1.80. The molecule has 1 amide bonds. The number of rotatable bonds is 6. The Bertz CT molecular complexity index is 567. The number of hydrogen-bond donors (Lipinski definition) is 2. The van der Waals surface area contributed by atoms with Gasteiger partial charge in [0.05, 0.1) is 12.2 Å². The first-order valence-electron chi connectivity index (χ1n) is 6.62. The molecule has 5 nitrogen and oxygen atoms in total. The second-order valence-electron chi connectivity index (χ2n) is 4.64. The molecular formula is C15H20ClN3O2. The van der Waals surface area contributed by atoms with E-state index >= 15 is 0 Å². The van der Waals surface area contributed by atoms with Crippen LogP contribution in [0.4, 0.5) is 0 Å². The quantitative estimate of drug-likeness (QED) is 0.856. The van der Waals surface area contributed by atoms with Gasteiger partial charge in [-0.2, -0.15) is 0 Å². The number of carbonyl (C=O) groups is 1. The van der Waals surface area contributed by atoms with E-state index in [1.807, 2.05) is 31.2 Å². The summed E-state index contributed by atoms with van der Waals surface area (Å²) >= 11 is 0. The normalized spacial score (nSPS) is 10.0. The van der Waals surface area contributed by atoms with Crippen LogP contribution in [0.25, 0.3) is 11.5 Å². The number of aromatic nitrogens is 1. The zero-order valence-electron chi connectivity index (χ0n) is 12.2. The summed E-state index contributed by atoms with van der Waals surface area (Å²) in [4.78, 5) is 15.7. The monoisotopic (exact) mass is 309 g/mol. The molecule has 0 aliphatic heterocycles. The smallest absolute Gasteiger partial charge is 0.233 e. The minimum absolute atomic E-state index is 0. The van der Waals surface area contributed by atoms with Crippen molar-refractivity contribution in [3.63, 3.8) is 0 Å². The van der Waals surface area contributed by atoms with Gasteiger partial charge in [-0.25, -0.2) is 4.98 Å². The molecule has 0 spiro atoms. The minimum Gasteiger partial charge on any atom is -0.444 e. The Labute approximate surface area is 130 Å². The number of hydrogen-bond acceptors (Lipinski definition) is 4. The van der Waals surface area contributed by atoms with Gasteiger partial charge in [0, 0.05) is 18.5 Å². The Hall–Kier alpha value is -1.85. The number of oxazole rings is 1. The topological polar surface area (TPSA) is 67.2 Å². The summed E-state index contributed by atoms with van der Waals surface area (Å²) in [6.45, 7) is 2.92. The third-order valence-electron chi connectivity index (χ3n) is 2.89. The average Bonchev–Trinajstić information content (AvgIpc) is 2.89. The Kier molecular flexibility index (Phi) is 6.91. The fourth-order valence-electron chi connectivity index (χ4n) is 1.80. The fraction of sp³-hybridized carbons (Fsp3) is 0.333. The largest absolute Gasteiger partial charge is 0.444 e. The van der Waals surface area contributed by atoms with Crippen LogP contribution in [0.5, 0.6) is 0 Å². The van der Waals surface area contributed by atoms with Crippen LogP contribution in [0, 0.1) is 6.92 Å². The molecule has 0 fully saturated rings. The lowest BCUT2D eigenvalue weighted by atomic mass is 10.1. The summed E-state index contributed by atoms with van der Waals surface area (Å²) in [6.07, 6.45) is 2.30. The van der Waals surface area contributed by atoms with E-state index in [9.17, 15) is 4.79 Å². The second-order valence-corrected chi connectivity index (χ2v) is 4.64. The van der Waals surface area contributed by atoms with E-state index in [0.717, 1.165) is 11.3 Å². The molecular weight excluding hydrogens is 290 g/mol. The van der Waals surface area contributed by atoms with Gasteiger partial charge in [0.15, 0.2) is 0 Å². The number of benzene rings is 1. The summed E-state index contributed by atoms with van der Waals surface area (Å²) < 4.78 is 5.46. The van der Waals surface area contributed by atoms with E-state index in [0.29, 0.717) is 25.4 Å². The summed E-state index contributed by atoms with van der Waals surface area (Å²) in [5.74, 6) is 0.594. The standard InChI is InChI=1S/C15H19N3O2.ClH/c1-11-3-5-12(6-4-11)15-18-13(10-20-15)7-8-17-14(19)9-16-2;/h3-6,10,16H,7-9H2,1-2H3,(H,17,19);1H. The Balaban J connectivity index is 0.00000220. The molecule has 0 radical (unpaired) electrons.